The summed E-state index contributed by atoms with van der Waals surface area (Å²) in [5.74, 6) is -1.85. The molecule has 0 aliphatic carbocycles. The summed E-state index contributed by atoms with van der Waals surface area (Å²) in [6.45, 7) is 1.76. The molecule has 0 saturated heterocycles. The molecular weight excluding hydrogens is 366 g/mol. The number of rotatable bonds is 3. The van der Waals surface area contributed by atoms with E-state index in [1.54, 1.807) is 13.0 Å². The normalized spacial score (nSPS) is 11.4. The van der Waals surface area contributed by atoms with E-state index in [9.17, 15) is 17.2 Å². The van der Waals surface area contributed by atoms with Crippen LogP contribution < -0.4 is 10.5 Å². The van der Waals surface area contributed by atoms with Crippen LogP contribution in [0.4, 0.5) is 20.2 Å². The predicted octanol–water partition coefficient (Wildman–Crippen LogP) is 3.42. The number of sulfonamides is 1. The maximum atomic E-state index is 13.6. The van der Waals surface area contributed by atoms with Crippen molar-refractivity contribution in [3.05, 3.63) is 52.0 Å². The van der Waals surface area contributed by atoms with Crippen LogP contribution >= 0.6 is 15.9 Å². The Morgan fingerprint density at radius 3 is 2.43 bits per heavy atom. The van der Waals surface area contributed by atoms with Crippen molar-refractivity contribution in [3.63, 3.8) is 0 Å². The van der Waals surface area contributed by atoms with Gasteiger partial charge in [-0.05, 0) is 46.6 Å². The Labute approximate surface area is 129 Å². The SMILES string of the molecule is Cc1ccc(S(=O)(=O)Nc2cc(Br)c(F)cc2F)c(N)c1. The van der Waals surface area contributed by atoms with Gasteiger partial charge in [-0.25, -0.2) is 17.2 Å². The molecule has 0 atom stereocenters. The summed E-state index contributed by atoms with van der Waals surface area (Å²) in [5, 5.41) is 0. The van der Waals surface area contributed by atoms with Crippen molar-refractivity contribution in [1.82, 2.24) is 0 Å². The lowest BCUT2D eigenvalue weighted by atomic mass is 10.2. The molecule has 0 fully saturated rings. The van der Waals surface area contributed by atoms with Crippen molar-refractivity contribution in [2.75, 3.05) is 10.5 Å². The van der Waals surface area contributed by atoms with Crippen molar-refractivity contribution in [2.24, 2.45) is 0 Å². The topological polar surface area (TPSA) is 72.2 Å². The number of nitrogen functional groups attached to an aromatic ring is 1. The first kappa shape index (κ1) is 15.7. The zero-order chi connectivity index (χ0) is 15.8. The molecule has 0 saturated carbocycles. The van der Waals surface area contributed by atoms with Gasteiger partial charge in [0.25, 0.3) is 10.0 Å². The number of nitrogens with one attached hydrogen (secondary N) is 1. The van der Waals surface area contributed by atoms with E-state index in [1.807, 2.05) is 0 Å². The van der Waals surface area contributed by atoms with Crippen LogP contribution in [-0.4, -0.2) is 8.42 Å². The van der Waals surface area contributed by atoms with Gasteiger partial charge in [-0.2, -0.15) is 0 Å². The molecule has 0 aliphatic rings. The Morgan fingerprint density at radius 2 is 1.81 bits per heavy atom. The van der Waals surface area contributed by atoms with E-state index in [0.717, 1.165) is 11.6 Å². The highest BCUT2D eigenvalue weighted by Gasteiger charge is 2.20. The van der Waals surface area contributed by atoms with Gasteiger partial charge in [-0.1, -0.05) is 6.07 Å². The van der Waals surface area contributed by atoms with Crippen molar-refractivity contribution >= 4 is 37.3 Å². The molecule has 0 heterocycles. The third-order valence-corrected chi connectivity index (χ3v) is 4.76. The molecule has 0 amide bonds. The molecule has 0 aromatic heterocycles. The van der Waals surface area contributed by atoms with Crippen LogP contribution in [0.2, 0.25) is 0 Å². The highest BCUT2D eigenvalue weighted by Crippen LogP contribution is 2.27. The highest BCUT2D eigenvalue weighted by molar-refractivity contribution is 9.10. The molecule has 0 aliphatic heterocycles. The first-order valence-electron chi connectivity index (χ1n) is 5.74. The molecular formula is C13H11BrF2N2O2S. The fourth-order valence-corrected chi connectivity index (χ4v) is 3.23. The zero-order valence-electron chi connectivity index (χ0n) is 10.8. The Morgan fingerprint density at radius 1 is 1.14 bits per heavy atom. The summed E-state index contributed by atoms with van der Waals surface area (Å²) in [5.41, 5.74) is 6.14. The quantitative estimate of drug-likeness (QED) is 0.636. The third kappa shape index (κ3) is 3.33. The van der Waals surface area contributed by atoms with Gasteiger partial charge in [-0.3, -0.25) is 4.72 Å². The predicted molar refractivity (Wildman–Crippen MR) is 80.5 cm³/mol. The molecule has 0 bridgehead atoms. The van der Waals surface area contributed by atoms with Gasteiger partial charge in [0, 0.05) is 6.07 Å². The van der Waals surface area contributed by atoms with E-state index in [0.29, 0.717) is 6.07 Å². The Bertz CT molecular complexity index is 810. The highest BCUT2D eigenvalue weighted by atomic mass is 79.9. The van der Waals surface area contributed by atoms with E-state index < -0.39 is 21.7 Å². The molecule has 3 N–H and O–H groups in total. The minimum absolute atomic E-state index is 0.0454. The van der Waals surface area contributed by atoms with Gasteiger partial charge in [0.05, 0.1) is 15.8 Å². The maximum absolute atomic E-state index is 13.6. The number of halogens is 3. The van der Waals surface area contributed by atoms with Crippen LogP contribution in [0.25, 0.3) is 0 Å². The maximum Gasteiger partial charge on any atom is 0.264 e. The Kier molecular flexibility index (Phi) is 4.20. The molecule has 2 rings (SSSR count). The molecule has 0 unspecified atom stereocenters. The number of nitrogens with two attached hydrogens (primary N) is 1. The van der Waals surface area contributed by atoms with E-state index >= 15 is 0 Å². The smallest absolute Gasteiger partial charge is 0.264 e. The average Bonchev–Trinajstić information content (AvgIpc) is 2.35. The van der Waals surface area contributed by atoms with Gasteiger partial charge in [-0.15, -0.1) is 0 Å². The minimum Gasteiger partial charge on any atom is -0.398 e. The number of benzene rings is 2. The van der Waals surface area contributed by atoms with Crippen molar-refractivity contribution in [1.29, 1.82) is 0 Å². The fourth-order valence-electron chi connectivity index (χ4n) is 1.71. The fraction of sp³-hybridized carbons (Fsp3) is 0.0769. The summed E-state index contributed by atoms with van der Waals surface area (Å²) in [4.78, 5) is -0.173. The summed E-state index contributed by atoms with van der Waals surface area (Å²) in [6, 6.07) is 5.98. The molecule has 21 heavy (non-hydrogen) atoms. The second-order valence-corrected chi connectivity index (χ2v) is 6.90. The summed E-state index contributed by atoms with van der Waals surface area (Å²) in [7, 11) is -4.07. The van der Waals surface area contributed by atoms with Crippen molar-refractivity contribution in [2.45, 2.75) is 11.8 Å². The van der Waals surface area contributed by atoms with Gasteiger partial charge in [0.15, 0.2) is 0 Å². The Balaban J connectivity index is 2.45. The number of hydrogen-bond acceptors (Lipinski definition) is 3. The first-order chi connectivity index (χ1) is 9.70. The summed E-state index contributed by atoms with van der Waals surface area (Å²) < 4.78 is 53.2. The lowest BCUT2D eigenvalue weighted by molar-refractivity contribution is 0.579. The van der Waals surface area contributed by atoms with Gasteiger partial charge >= 0.3 is 0 Å². The van der Waals surface area contributed by atoms with E-state index in [1.165, 1.54) is 12.1 Å². The van der Waals surface area contributed by atoms with Crippen LogP contribution in [0, 0.1) is 18.6 Å². The third-order valence-electron chi connectivity index (χ3n) is 2.71. The molecule has 8 heteroatoms. The van der Waals surface area contributed by atoms with Crippen LogP contribution in [0.5, 0.6) is 0 Å². The molecule has 2 aromatic carbocycles. The van der Waals surface area contributed by atoms with Gasteiger partial charge in [0.2, 0.25) is 0 Å². The monoisotopic (exact) mass is 376 g/mol. The van der Waals surface area contributed by atoms with Crippen LogP contribution in [0.3, 0.4) is 0 Å². The lowest BCUT2D eigenvalue weighted by Crippen LogP contribution is -2.16. The molecule has 112 valence electrons. The first-order valence-corrected chi connectivity index (χ1v) is 8.02. The number of anilines is 2. The Hall–Kier alpha value is -1.67. The average molecular weight is 377 g/mol. The number of aryl methyl sites for hydroxylation is 1. The van der Waals surface area contributed by atoms with Crippen LogP contribution in [0.1, 0.15) is 5.56 Å². The van der Waals surface area contributed by atoms with Crippen molar-refractivity contribution in [3.8, 4) is 0 Å². The van der Waals surface area contributed by atoms with Crippen LogP contribution in [0.15, 0.2) is 39.7 Å². The standard InChI is InChI=1S/C13H11BrF2N2O2S/c1-7-2-3-13(11(17)4-7)21(19,20)18-12-5-8(14)9(15)6-10(12)16/h2-6,18H,17H2,1H3. The van der Waals surface area contributed by atoms with E-state index in [2.05, 4.69) is 20.7 Å². The van der Waals surface area contributed by atoms with Crippen LogP contribution in [-0.2, 0) is 10.0 Å². The van der Waals surface area contributed by atoms with Gasteiger partial charge in [0.1, 0.15) is 16.5 Å². The van der Waals surface area contributed by atoms with Crippen molar-refractivity contribution < 1.29 is 17.2 Å². The second-order valence-electron chi connectivity index (χ2n) is 4.39. The summed E-state index contributed by atoms with van der Waals surface area (Å²) in [6.07, 6.45) is 0. The van der Waals surface area contributed by atoms with Gasteiger partial charge < -0.3 is 5.73 Å². The van der Waals surface area contributed by atoms with E-state index in [-0.39, 0.29) is 20.7 Å². The lowest BCUT2D eigenvalue weighted by Gasteiger charge is -2.12. The molecule has 2 aromatic rings. The molecule has 4 nitrogen and oxygen atoms in total. The minimum atomic E-state index is -4.07. The number of hydrogen-bond donors (Lipinski definition) is 2. The second kappa shape index (κ2) is 5.61. The largest absolute Gasteiger partial charge is 0.398 e. The van der Waals surface area contributed by atoms with E-state index in [4.69, 9.17) is 5.73 Å². The molecule has 0 radical (unpaired) electrons. The summed E-state index contributed by atoms with van der Waals surface area (Å²) >= 11 is 2.87. The molecule has 0 spiro atoms. The zero-order valence-corrected chi connectivity index (χ0v) is 13.2.